The number of amides is 1. The van der Waals surface area contributed by atoms with Crippen LogP contribution in [0.2, 0.25) is 0 Å². The quantitative estimate of drug-likeness (QED) is 0.636. The number of hydrogen-bond acceptors (Lipinski definition) is 2. The fourth-order valence-corrected chi connectivity index (χ4v) is 2.42. The zero-order valence-electron chi connectivity index (χ0n) is 9.45. The number of anilines is 1. The molecule has 0 aromatic heterocycles. The molecule has 0 saturated heterocycles. The van der Waals surface area contributed by atoms with Crippen LogP contribution >= 0.6 is 45.2 Å². The molecule has 3 nitrogen and oxygen atoms in total. The van der Waals surface area contributed by atoms with Crippen LogP contribution in [0.3, 0.4) is 0 Å². The van der Waals surface area contributed by atoms with Gasteiger partial charge in [-0.15, -0.1) is 0 Å². The predicted molar refractivity (Wildman–Crippen MR) is 87.9 cm³/mol. The summed E-state index contributed by atoms with van der Waals surface area (Å²) in [6, 6.07) is 9.15. The second-order valence-corrected chi connectivity index (χ2v) is 6.23. The molecule has 0 atom stereocenters. The highest BCUT2D eigenvalue weighted by Crippen LogP contribution is 2.22. The van der Waals surface area contributed by atoms with Gasteiger partial charge in [0.05, 0.1) is 11.3 Å². The molecule has 2 aromatic rings. The van der Waals surface area contributed by atoms with Crippen LogP contribution in [0.5, 0.6) is 5.75 Å². The van der Waals surface area contributed by atoms with E-state index in [4.69, 9.17) is 0 Å². The van der Waals surface area contributed by atoms with Crippen LogP contribution in [0.1, 0.15) is 10.4 Å². The van der Waals surface area contributed by atoms with Gasteiger partial charge in [-0.1, -0.05) is 0 Å². The maximum Gasteiger partial charge on any atom is 0.259 e. The summed E-state index contributed by atoms with van der Waals surface area (Å²) in [5.41, 5.74) is 0.202. The van der Waals surface area contributed by atoms with Crippen molar-refractivity contribution in [3.63, 3.8) is 0 Å². The van der Waals surface area contributed by atoms with Crippen LogP contribution in [-0.4, -0.2) is 11.0 Å². The summed E-state index contributed by atoms with van der Waals surface area (Å²) in [6.07, 6.45) is 0. The van der Waals surface area contributed by atoms with Crippen molar-refractivity contribution < 1.29 is 14.3 Å². The molecule has 1 amide bonds. The molecule has 0 aliphatic rings. The minimum atomic E-state index is -0.545. The van der Waals surface area contributed by atoms with Crippen molar-refractivity contribution in [1.82, 2.24) is 0 Å². The first-order valence-electron chi connectivity index (χ1n) is 5.22. The van der Waals surface area contributed by atoms with Gasteiger partial charge in [0.2, 0.25) is 0 Å². The van der Waals surface area contributed by atoms with Gasteiger partial charge in [0.1, 0.15) is 11.6 Å². The van der Waals surface area contributed by atoms with E-state index in [2.05, 4.69) is 5.32 Å². The molecule has 0 heterocycles. The molecule has 2 aromatic carbocycles. The first-order chi connectivity index (χ1) is 8.97. The molecule has 0 bridgehead atoms. The Hall–Kier alpha value is -0.900. The zero-order valence-corrected chi connectivity index (χ0v) is 13.8. The molecule has 0 aliphatic heterocycles. The highest BCUT2D eigenvalue weighted by Gasteiger charge is 2.13. The van der Waals surface area contributed by atoms with E-state index in [1.54, 1.807) is 12.1 Å². The monoisotopic (exact) mass is 483 g/mol. The first-order valence-corrected chi connectivity index (χ1v) is 7.38. The van der Waals surface area contributed by atoms with Crippen LogP contribution in [0.4, 0.5) is 10.1 Å². The number of phenolic OH excluding ortho intramolecular Hbond substituents is 1. The van der Waals surface area contributed by atoms with E-state index in [-0.39, 0.29) is 17.0 Å². The number of benzene rings is 2. The van der Waals surface area contributed by atoms with E-state index in [0.717, 1.165) is 7.14 Å². The van der Waals surface area contributed by atoms with E-state index in [9.17, 15) is 14.3 Å². The molecular formula is C13H8FI2NO2. The van der Waals surface area contributed by atoms with E-state index >= 15 is 0 Å². The number of phenols is 1. The van der Waals surface area contributed by atoms with Gasteiger partial charge in [-0.3, -0.25) is 4.79 Å². The SMILES string of the molecule is O=C(Nc1ccc(I)cc1F)c1cc(I)ccc1O. The number of nitrogens with one attached hydrogen (secondary N) is 1. The maximum absolute atomic E-state index is 13.6. The summed E-state index contributed by atoms with van der Waals surface area (Å²) >= 11 is 4.01. The summed E-state index contributed by atoms with van der Waals surface area (Å²) < 4.78 is 15.2. The Morgan fingerprint density at radius 3 is 2.42 bits per heavy atom. The number of rotatable bonds is 2. The predicted octanol–water partition coefficient (Wildman–Crippen LogP) is 3.99. The summed E-state index contributed by atoms with van der Waals surface area (Å²) in [4.78, 5) is 12.0. The largest absolute Gasteiger partial charge is 0.507 e. The first kappa shape index (κ1) is 14.5. The summed E-state index contributed by atoms with van der Waals surface area (Å²) in [6.45, 7) is 0. The average molecular weight is 483 g/mol. The highest BCUT2D eigenvalue weighted by atomic mass is 127. The molecule has 19 heavy (non-hydrogen) atoms. The molecule has 0 radical (unpaired) electrons. The number of hydrogen-bond donors (Lipinski definition) is 2. The summed E-state index contributed by atoms with van der Waals surface area (Å²) in [7, 11) is 0. The van der Waals surface area contributed by atoms with Crippen LogP contribution < -0.4 is 5.32 Å². The second-order valence-electron chi connectivity index (χ2n) is 3.74. The molecule has 0 saturated carbocycles. The van der Waals surface area contributed by atoms with Gasteiger partial charge in [0, 0.05) is 7.14 Å². The lowest BCUT2D eigenvalue weighted by molar-refractivity contribution is 0.102. The van der Waals surface area contributed by atoms with Crippen LogP contribution in [0, 0.1) is 13.0 Å². The minimum absolute atomic E-state index is 0.0867. The van der Waals surface area contributed by atoms with E-state index in [0.29, 0.717) is 0 Å². The molecule has 0 fully saturated rings. The molecular weight excluding hydrogens is 475 g/mol. The Bertz CT molecular complexity index is 647. The lowest BCUT2D eigenvalue weighted by atomic mass is 10.2. The van der Waals surface area contributed by atoms with Crippen LogP contribution in [0.25, 0.3) is 0 Å². The number of aromatic hydroxyl groups is 1. The Morgan fingerprint density at radius 1 is 1.11 bits per heavy atom. The van der Waals surface area contributed by atoms with Gasteiger partial charge >= 0.3 is 0 Å². The standard InChI is InChI=1S/C13H8FI2NO2/c14-10-6-8(16)1-3-11(10)17-13(19)9-5-7(15)2-4-12(9)18/h1-6,18H,(H,17,19). The second kappa shape index (κ2) is 6.04. The molecule has 0 unspecified atom stereocenters. The fourth-order valence-electron chi connectivity index (χ4n) is 1.47. The third-order valence-electron chi connectivity index (χ3n) is 2.38. The Labute approximate surface area is 136 Å². The summed E-state index contributed by atoms with van der Waals surface area (Å²) in [5.74, 6) is -1.19. The third-order valence-corrected chi connectivity index (χ3v) is 3.72. The van der Waals surface area contributed by atoms with Crippen molar-refractivity contribution in [3.8, 4) is 5.75 Å². The molecule has 98 valence electrons. The smallest absolute Gasteiger partial charge is 0.259 e. The van der Waals surface area contributed by atoms with E-state index < -0.39 is 11.7 Å². The fraction of sp³-hybridized carbons (Fsp3) is 0. The van der Waals surface area contributed by atoms with Crippen molar-refractivity contribution >= 4 is 56.8 Å². The Balaban J connectivity index is 2.28. The average Bonchev–Trinajstić information content (AvgIpc) is 2.35. The van der Waals surface area contributed by atoms with Crippen molar-refractivity contribution in [2.24, 2.45) is 0 Å². The normalized spacial score (nSPS) is 10.3. The maximum atomic E-state index is 13.6. The van der Waals surface area contributed by atoms with Gasteiger partial charge in [0.25, 0.3) is 5.91 Å². The number of carbonyl (C=O) groups is 1. The van der Waals surface area contributed by atoms with Crippen molar-refractivity contribution in [2.45, 2.75) is 0 Å². The van der Waals surface area contributed by atoms with Crippen LogP contribution in [0.15, 0.2) is 36.4 Å². The van der Waals surface area contributed by atoms with Gasteiger partial charge in [-0.05, 0) is 81.6 Å². The molecule has 2 rings (SSSR count). The topological polar surface area (TPSA) is 49.3 Å². The molecule has 0 aliphatic carbocycles. The third kappa shape index (κ3) is 3.56. The van der Waals surface area contributed by atoms with Crippen molar-refractivity contribution in [2.75, 3.05) is 5.32 Å². The minimum Gasteiger partial charge on any atom is -0.507 e. The molecule has 0 spiro atoms. The Morgan fingerprint density at radius 2 is 1.74 bits per heavy atom. The van der Waals surface area contributed by atoms with Crippen LogP contribution in [-0.2, 0) is 0 Å². The highest BCUT2D eigenvalue weighted by molar-refractivity contribution is 14.1. The van der Waals surface area contributed by atoms with E-state index in [1.165, 1.54) is 24.3 Å². The summed E-state index contributed by atoms with van der Waals surface area (Å²) in [5, 5.41) is 12.1. The van der Waals surface area contributed by atoms with Gasteiger partial charge < -0.3 is 10.4 Å². The van der Waals surface area contributed by atoms with Gasteiger partial charge in [0.15, 0.2) is 0 Å². The zero-order chi connectivity index (χ0) is 14.0. The van der Waals surface area contributed by atoms with Gasteiger partial charge in [-0.25, -0.2) is 4.39 Å². The number of carbonyl (C=O) groups excluding carboxylic acids is 1. The lowest BCUT2D eigenvalue weighted by Crippen LogP contribution is -2.13. The van der Waals surface area contributed by atoms with Crippen molar-refractivity contribution in [3.05, 3.63) is 54.9 Å². The molecule has 6 heteroatoms. The van der Waals surface area contributed by atoms with Crippen molar-refractivity contribution in [1.29, 1.82) is 0 Å². The molecule has 2 N–H and O–H groups in total. The number of halogens is 3. The Kier molecular flexibility index (Phi) is 4.61. The van der Waals surface area contributed by atoms with Gasteiger partial charge in [-0.2, -0.15) is 0 Å². The van der Waals surface area contributed by atoms with E-state index in [1.807, 2.05) is 45.2 Å². The lowest BCUT2D eigenvalue weighted by Gasteiger charge is -2.08.